The van der Waals surface area contributed by atoms with Crippen molar-refractivity contribution in [1.82, 2.24) is 23.8 Å². The Hall–Kier alpha value is -4.59. The molecule has 1 fully saturated rings. The lowest BCUT2D eigenvalue weighted by Crippen LogP contribution is -2.48. The molecule has 7 rings (SSSR count). The van der Waals surface area contributed by atoms with Gasteiger partial charge >= 0.3 is 12.2 Å². The minimum atomic E-state index is -4.77. The Balaban J connectivity index is 1.38. The predicted octanol–water partition coefficient (Wildman–Crippen LogP) is 4.66. The summed E-state index contributed by atoms with van der Waals surface area (Å²) in [6.45, 7) is -2.04. The van der Waals surface area contributed by atoms with Gasteiger partial charge in [0.2, 0.25) is 0 Å². The van der Waals surface area contributed by atoms with Crippen LogP contribution in [-0.2, 0) is 33.6 Å². The lowest BCUT2D eigenvalue weighted by molar-refractivity contribution is -0.137. The van der Waals surface area contributed by atoms with E-state index in [0.29, 0.717) is 16.9 Å². The molecule has 3 aliphatic rings. The van der Waals surface area contributed by atoms with Crippen LogP contribution in [0.2, 0.25) is 0 Å². The first kappa shape index (κ1) is 28.2. The summed E-state index contributed by atoms with van der Waals surface area (Å²) in [7, 11) is 0. The van der Waals surface area contributed by atoms with Crippen molar-refractivity contribution in [3.63, 3.8) is 0 Å². The second-order valence-electron chi connectivity index (χ2n) is 11.1. The minimum absolute atomic E-state index is 0.00700. The van der Waals surface area contributed by atoms with Crippen molar-refractivity contribution in [1.29, 1.82) is 0 Å². The summed E-state index contributed by atoms with van der Waals surface area (Å²) in [5, 5.41) is 0.100. The van der Waals surface area contributed by atoms with E-state index in [1.54, 1.807) is 33.4 Å². The fourth-order valence-electron chi connectivity index (χ4n) is 6.30. The van der Waals surface area contributed by atoms with Gasteiger partial charge in [0.1, 0.15) is 12.3 Å². The van der Waals surface area contributed by atoms with Crippen LogP contribution in [0.5, 0.6) is 0 Å². The number of fused-ring (bicyclic) bond motifs is 1. The standard InChI is InChI=1S/C30H24F5N5O4/c31-29(32)15-39(7-8-44-16-29)28(43)38-6-5-37-14-20(19-10-18(30(33,34)35)9-17(13-38)27(19)37)25-22(41)11-23(42)26(25)21-12-36-24-3-1-2-4-40(21)24/h1-4,9-10,12,14H,5-8,11,13,15-16H2. The Morgan fingerprint density at radius 1 is 1.00 bits per heavy atom. The Bertz CT molecular complexity index is 1910. The summed E-state index contributed by atoms with van der Waals surface area (Å²) >= 11 is 0. The van der Waals surface area contributed by atoms with Gasteiger partial charge in [-0.2, -0.15) is 13.2 Å². The van der Waals surface area contributed by atoms with Crippen molar-refractivity contribution in [2.45, 2.75) is 31.6 Å². The summed E-state index contributed by atoms with van der Waals surface area (Å²) < 4.78 is 79.3. The second-order valence-corrected chi connectivity index (χ2v) is 11.1. The van der Waals surface area contributed by atoms with Gasteiger partial charge < -0.3 is 19.1 Å². The Kier molecular flexibility index (Phi) is 6.39. The number of halogens is 5. The summed E-state index contributed by atoms with van der Waals surface area (Å²) in [5.41, 5.74) is 0.633. The molecule has 0 unspecified atom stereocenters. The molecule has 0 N–H and O–H groups in total. The quantitative estimate of drug-likeness (QED) is 0.243. The lowest BCUT2D eigenvalue weighted by Gasteiger charge is -2.30. The number of nitrogens with zero attached hydrogens (tertiary/aromatic N) is 5. The third kappa shape index (κ3) is 4.64. The normalized spacial score (nSPS) is 19.3. The molecule has 0 spiro atoms. The maximum Gasteiger partial charge on any atom is 0.416 e. The predicted molar refractivity (Wildman–Crippen MR) is 147 cm³/mol. The number of pyridine rings is 1. The van der Waals surface area contributed by atoms with Crippen LogP contribution in [-0.4, -0.2) is 80.1 Å². The number of hydrogen-bond acceptors (Lipinski definition) is 5. The molecule has 1 aromatic carbocycles. The highest BCUT2D eigenvalue weighted by Gasteiger charge is 2.40. The molecule has 14 heteroatoms. The second kappa shape index (κ2) is 9.97. The molecule has 1 aliphatic carbocycles. The molecule has 3 aromatic heterocycles. The van der Waals surface area contributed by atoms with Crippen molar-refractivity contribution in [2.75, 3.05) is 32.8 Å². The molecule has 2 aliphatic heterocycles. The zero-order valence-electron chi connectivity index (χ0n) is 23.0. The van der Waals surface area contributed by atoms with E-state index in [2.05, 4.69) is 4.98 Å². The number of benzene rings is 1. The Labute approximate surface area is 246 Å². The molecular formula is C30H24F5N5O4. The van der Waals surface area contributed by atoms with Crippen molar-refractivity contribution < 1.29 is 41.1 Å². The fourth-order valence-corrected chi connectivity index (χ4v) is 6.30. The van der Waals surface area contributed by atoms with Crippen LogP contribution in [0.25, 0.3) is 27.7 Å². The fraction of sp³-hybridized carbons (Fsp3) is 0.333. The van der Waals surface area contributed by atoms with Crippen LogP contribution < -0.4 is 0 Å². The maximum absolute atomic E-state index is 14.2. The van der Waals surface area contributed by atoms with E-state index in [1.165, 1.54) is 17.3 Å². The number of alkyl halides is 5. The number of rotatable bonds is 2. The van der Waals surface area contributed by atoms with Crippen molar-refractivity contribution in [3.8, 4) is 0 Å². The number of amides is 2. The van der Waals surface area contributed by atoms with Gasteiger partial charge in [-0.1, -0.05) is 6.07 Å². The van der Waals surface area contributed by atoms with Gasteiger partial charge in [-0.15, -0.1) is 0 Å². The molecule has 0 saturated carbocycles. The highest BCUT2D eigenvalue weighted by Crippen LogP contribution is 2.43. The molecule has 44 heavy (non-hydrogen) atoms. The highest BCUT2D eigenvalue weighted by molar-refractivity contribution is 6.51. The van der Waals surface area contributed by atoms with E-state index >= 15 is 0 Å². The zero-order valence-corrected chi connectivity index (χ0v) is 23.0. The van der Waals surface area contributed by atoms with Crippen LogP contribution >= 0.6 is 0 Å². The number of ketones is 2. The van der Waals surface area contributed by atoms with Crippen molar-refractivity contribution >= 4 is 45.3 Å². The van der Waals surface area contributed by atoms with Crippen LogP contribution in [0.4, 0.5) is 26.7 Å². The van der Waals surface area contributed by atoms with Crippen LogP contribution in [0.15, 0.2) is 48.9 Å². The van der Waals surface area contributed by atoms with Crippen LogP contribution in [0.1, 0.15) is 28.8 Å². The summed E-state index contributed by atoms with van der Waals surface area (Å²) in [4.78, 5) is 46.5. The van der Waals surface area contributed by atoms with E-state index in [1.807, 2.05) is 0 Å². The average Bonchev–Trinajstić information content (AvgIpc) is 3.54. The summed E-state index contributed by atoms with van der Waals surface area (Å²) in [6, 6.07) is 6.36. The molecule has 1 saturated heterocycles. The van der Waals surface area contributed by atoms with Gasteiger partial charge in [0, 0.05) is 55.1 Å². The van der Waals surface area contributed by atoms with E-state index < -0.39 is 54.8 Å². The first-order valence-corrected chi connectivity index (χ1v) is 13.9. The monoisotopic (exact) mass is 613 g/mol. The van der Waals surface area contributed by atoms with Gasteiger partial charge in [0.25, 0.3) is 5.92 Å². The number of ether oxygens (including phenoxy) is 1. The first-order chi connectivity index (χ1) is 20.9. The van der Waals surface area contributed by atoms with Crippen LogP contribution in [0, 0.1) is 0 Å². The average molecular weight is 614 g/mol. The van der Waals surface area contributed by atoms with E-state index in [-0.39, 0.29) is 60.4 Å². The number of hydrogen-bond donors (Lipinski definition) is 0. The molecular weight excluding hydrogens is 589 g/mol. The zero-order chi connectivity index (χ0) is 31.0. The van der Waals surface area contributed by atoms with Gasteiger partial charge in [-0.3, -0.25) is 14.0 Å². The Morgan fingerprint density at radius 2 is 1.80 bits per heavy atom. The highest BCUT2D eigenvalue weighted by atomic mass is 19.4. The largest absolute Gasteiger partial charge is 0.416 e. The number of carbonyl (C=O) groups excluding carboxylic acids is 3. The van der Waals surface area contributed by atoms with E-state index in [4.69, 9.17) is 4.74 Å². The van der Waals surface area contributed by atoms with Crippen LogP contribution in [0.3, 0.4) is 0 Å². The first-order valence-electron chi connectivity index (χ1n) is 13.9. The van der Waals surface area contributed by atoms with Crippen molar-refractivity contribution in [3.05, 3.63) is 71.3 Å². The third-order valence-corrected chi connectivity index (χ3v) is 8.20. The van der Waals surface area contributed by atoms with Gasteiger partial charge in [0.05, 0.1) is 48.1 Å². The molecule has 0 bridgehead atoms. The van der Waals surface area contributed by atoms with E-state index in [9.17, 15) is 36.3 Å². The number of aromatic nitrogens is 3. The molecule has 0 radical (unpaired) electrons. The molecule has 0 atom stereocenters. The maximum atomic E-state index is 14.2. The molecule has 4 aromatic rings. The number of carbonyl (C=O) groups is 3. The number of allylic oxidation sites excluding steroid dienone is 2. The number of urea groups is 1. The van der Waals surface area contributed by atoms with Gasteiger partial charge in [0.15, 0.2) is 11.6 Å². The third-order valence-electron chi connectivity index (χ3n) is 8.20. The lowest BCUT2D eigenvalue weighted by atomic mass is 9.96. The van der Waals surface area contributed by atoms with Gasteiger partial charge in [-0.05, 0) is 29.8 Å². The topological polar surface area (TPSA) is 89.2 Å². The molecule has 9 nitrogen and oxygen atoms in total. The summed E-state index contributed by atoms with van der Waals surface area (Å²) in [5.74, 6) is -4.25. The van der Waals surface area contributed by atoms with E-state index in [0.717, 1.165) is 17.0 Å². The molecule has 228 valence electrons. The summed E-state index contributed by atoms with van der Waals surface area (Å²) in [6.07, 6.45) is -0.542. The minimum Gasteiger partial charge on any atom is -0.373 e. The number of imidazole rings is 1. The smallest absolute Gasteiger partial charge is 0.373 e. The molecule has 2 amide bonds. The Morgan fingerprint density at radius 3 is 2.59 bits per heavy atom. The SMILES string of the molecule is O=C1CC(=O)C(c2cnc3ccccn23)=C1c1cn2c3c(cc(C(F)(F)F)cc13)CN(C(=O)N1CCOCC(F)(F)C1)CC2. The number of Topliss-reactive ketones (excluding diaryl/α,β-unsaturated/α-hetero) is 2. The van der Waals surface area contributed by atoms with Crippen molar-refractivity contribution in [2.24, 2.45) is 0 Å². The molecule has 5 heterocycles. The van der Waals surface area contributed by atoms with Gasteiger partial charge in [-0.25, -0.2) is 18.6 Å².